The zero-order chi connectivity index (χ0) is 16.3. The number of carbonyl (C=O) groups is 1. The molecule has 0 bridgehead atoms. The van der Waals surface area contributed by atoms with E-state index in [0.717, 1.165) is 26.2 Å². The summed E-state index contributed by atoms with van der Waals surface area (Å²) in [6.45, 7) is 3.20. The van der Waals surface area contributed by atoms with Crippen LogP contribution in [0, 0.1) is 0 Å². The highest BCUT2D eigenvalue weighted by atomic mass is 79.9. The van der Waals surface area contributed by atoms with Crippen molar-refractivity contribution in [1.82, 2.24) is 20.1 Å². The van der Waals surface area contributed by atoms with E-state index in [0.29, 0.717) is 4.47 Å². The lowest BCUT2D eigenvalue weighted by molar-refractivity contribution is 0.0661. The lowest BCUT2D eigenvalue weighted by atomic mass is 10.2. The van der Waals surface area contributed by atoms with Crippen LogP contribution in [-0.2, 0) is 10.0 Å². The Morgan fingerprint density at radius 1 is 1.23 bits per heavy atom. The molecule has 0 unspecified atom stereocenters. The first-order valence-electron chi connectivity index (χ1n) is 6.81. The van der Waals surface area contributed by atoms with Crippen LogP contribution in [-0.4, -0.2) is 64.5 Å². The number of amides is 1. The van der Waals surface area contributed by atoms with E-state index in [1.165, 1.54) is 19.2 Å². The summed E-state index contributed by atoms with van der Waals surface area (Å²) in [6, 6.07) is 4.37. The van der Waals surface area contributed by atoms with Gasteiger partial charge in [0, 0.05) is 30.7 Å². The number of rotatable bonds is 4. The summed E-state index contributed by atoms with van der Waals surface area (Å²) >= 11 is 3.29. The summed E-state index contributed by atoms with van der Waals surface area (Å²) < 4.78 is 26.5. The largest absolute Gasteiger partial charge is 0.304 e. The Kier molecular flexibility index (Phi) is 5.56. The molecule has 2 rings (SSSR count). The van der Waals surface area contributed by atoms with Gasteiger partial charge in [0.1, 0.15) is 0 Å². The highest BCUT2D eigenvalue weighted by molar-refractivity contribution is 9.10. The molecule has 9 heteroatoms. The first-order valence-corrected chi connectivity index (χ1v) is 9.08. The van der Waals surface area contributed by atoms with Gasteiger partial charge in [-0.05, 0) is 48.2 Å². The van der Waals surface area contributed by atoms with Crippen molar-refractivity contribution in [3.05, 3.63) is 28.2 Å². The lowest BCUT2D eigenvalue weighted by Gasteiger charge is -2.32. The van der Waals surface area contributed by atoms with Gasteiger partial charge in [-0.15, -0.1) is 0 Å². The van der Waals surface area contributed by atoms with Gasteiger partial charge in [0.15, 0.2) is 0 Å². The Morgan fingerprint density at radius 2 is 1.86 bits per heavy atom. The number of nitrogens with zero attached hydrogens (tertiary/aromatic N) is 2. The molecule has 1 fully saturated rings. The molecular formula is C13H19BrN4O3S. The molecule has 1 aromatic rings. The minimum Gasteiger partial charge on any atom is -0.304 e. The third-order valence-corrected chi connectivity index (χ3v) is 5.63. The topological polar surface area (TPSA) is 81.7 Å². The van der Waals surface area contributed by atoms with Gasteiger partial charge >= 0.3 is 0 Å². The van der Waals surface area contributed by atoms with Crippen molar-refractivity contribution in [3.63, 3.8) is 0 Å². The van der Waals surface area contributed by atoms with Crippen molar-refractivity contribution in [3.8, 4) is 0 Å². The van der Waals surface area contributed by atoms with Crippen LogP contribution < -0.4 is 10.1 Å². The second-order valence-corrected chi connectivity index (χ2v) is 7.82. The molecule has 0 aromatic heterocycles. The van der Waals surface area contributed by atoms with Gasteiger partial charge in [0.2, 0.25) is 10.0 Å². The summed E-state index contributed by atoms with van der Waals surface area (Å²) in [4.78, 5) is 14.6. The molecule has 2 N–H and O–H groups in total. The average molecular weight is 391 g/mol. The highest BCUT2D eigenvalue weighted by Gasteiger charge is 2.20. The fourth-order valence-electron chi connectivity index (χ4n) is 2.09. The Hall–Kier alpha value is -1.00. The van der Waals surface area contributed by atoms with E-state index in [1.54, 1.807) is 6.07 Å². The van der Waals surface area contributed by atoms with Crippen LogP contribution in [0.5, 0.6) is 0 Å². The molecule has 22 heavy (non-hydrogen) atoms. The molecule has 1 aromatic carbocycles. The maximum absolute atomic E-state index is 12.4. The second-order valence-electron chi connectivity index (χ2n) is 5.08. The standard InChI is InChI=1S/C13H19BrN4O3S/c1-15-22(20,21)10-3-4-12(14)11(9-10)13(19)16-18-7-5-17(2)6-8-18/h3-4,9,15H,5-8H2,1-2H3,(H,16,19). The molecule has 1 aliphatic heterocycles. The van der Waals surface area contributed by atoms with Crippen molar-refractivity contribution in [2.24, 2.45) is 0 Å². The van der Waals surface area contributed by atoms with E-state index >= 15 is 0 Å². The quantitative estimate of drug-likeness (QED) is 0.769. The molecular weight excluding hydrogens is 372 g/mol. The second kappa shape index (κ2) is 7.05. The summed E-state index contributed by atoms with van der Waals surface area (Å²) in [5.74, 6) is -0.329. The molecule has 1 saturated heterocycles. The van der Waals surface area contributed by atoms with Crippen molar-refractivity contribution in [2.75, 3.05) is 40.3 Å². The number of carbonyl (C=O) groups excluding carboxylic acids is 1. The Labute approximate surface area is 138 Å². The number of likely N-dealkylation sites (N-methyl/N-ethyl adjacent to an activating group) is 1. The van der Waals surface area contributed by atoms with E-state index in [2.05, 4.69) is 31.0 Å². The molecule has 0 radical (unpaired) electrons. The number of nitrogens with one attached hydrogen (secondary N) is 2. The van der Waals surface area contributed by atoms with Crippen LogP contribution in [0.15, 0.2) is 27.6 Å². The highest BCUT2D eigenvalue weighted by Crippen LogP contribution is 2.21. The molecule has 0 aliphatic carbocycles. The minimum absolute atomic E-state index is 0.0572. The number of halogens is 1. The summed E-state index contributed by atoms with van der Waals surface area (Å²) in [6.07, 6.45) is 0. The number of sulfonamides is 1. The van der Waals surface area contributed by atoms with Crippen molar-refractivity contribution < 1.29 is 13.2 Å². The molecule has 1 amide bonds. The third kappa shape index (κ3) is 4.05. The van der Waals surface area contributed by atoms with Crippen LogP contribution in [0.25, 0.3) is 0 Å². The lowest BCUT2D eigenvalue weighted by Crippen LogP contribution is -2.52. The zero-order valence-corrected chi connectivity index (χ0v) is 14.9. The number of piperazine rings is 1. The van der Waals surface area contributed by atoms with E-state index in [9.17, 15) is 13.2 Å². The van der Waals surface area contributed by atoms with Gasteiger partial charge in [0.25, 0.3) is 5.91 Å². The average Bonchev–Trinajstić information content (AvgIpc) is 2.49. The van der Waals surface area contributed by atoms with Crippen LogP contribution >= 0.6 is 15.9 Å². The van der Waals surface area contributed by atoms with Gasteiger partial charge in [-0.25, -0.2) is 18.1 Å². The third-order valence-electron chi connectivity index (χ3n) is 3.52. The van der Waals surface area contributed by atoms with Gasteiger partial charge in [-0.3, -0.25) is 10.2 Å². The van der Waals surface area contributed by atoms with Crippen LogP contribution in [0.3, 0.4) is 0 Å². The monoisotopic (exact) mass is 390 g/mol. The minimum atomic E-state index is -3.58. The first-order chi connectivity index (χ1) is 10.3. The number of hydrogen-bond acceptors (Lipinski definition) is 5. The Balaban J connectivity index is 2.17. The van der Waals surface area contributed by atoms with E-state index in [1.807, 2.05) is 12.1 Å². The smallest absolute Gasteiger partial charge is 0.266 e. The van der Waals surface area contributed by atoms with E-state index in [4.69, 9.17) is 0 Å². The SMILES string of the molecule is CNS(=O)(=O)c1ccc(Br)c(C(=O)NN2CCN(C)CC2)c1. The van der Waals surface area contributed by atoms with Gasteiger partial charge in [0.05, 0.1) is 10.5 Å². The van der Waals surface area contributed by atoms with E-state index < -0.39 is 10.0 Å². The van der Waals surface area contributed by atoms with Crippen LogP contribution in [0.2, 0.25) is 0 Å². The first kappa shape index (κ1) is 17.4. The maximum atomic E-state index is 12.4. The molecule has 0 spiro atoms. The number of benzene rings is 1. The number of hydrazine groups is 1. The normalized spacial score (nSPS) is 17.4. The number of hydrogen-bond donors (Lipinski definition) is 2. The molecule has 122 valence electrons. The summed E-state index contributed by atoms with van der Waals surface area (Å²) in [5, 5.41) is 1.84. The zero-order valence-electron chi connectivity index (χ0n) is 12.5. The van der Waals surface area contributed by atoms with Gasteiger partial charge in [-0.2, -0.15) is 0 Å². The predicted molar refractivity (Wildman–Crippen MR) is 86.9 cm³/mol. The fourth-order valence-corrected chi connectivity index (χ4v) is 3.27. The molecule has 0 saturated carbocycles. The van der Waals surface area contributed by atoms with Crippen LogP contribution in [0.4, 0.5) is 0 Å². The summed E-state index contributed by atoms with van der Waals surface area (Å²) in [7, 11) is -0.218. The van der Waals surface area contributed by atoms with Crippen molar-refractivity contribution >= 4 is 31.9 Å². The molecule has 1 heterocycles. The Morgan fingerprint density at radius 3 is 2.45 bits per heavy atom. The van der Waals surface area contributed by atoms with Crippen molar-refractivity contribution in [2.45, 2.75) is 4.90 Å². The maximum Gasteiger partial charge on any atom is 0.266 e. The predicted octanol–water partition coefficient (Wildman–Crippen LogP) is 0.249. The van der Waals surface area contributed by atoms with Crippen LogP contribution in [0.1, 0.15) is 10.4 Å². The molecule has 1 aliphatic rings. The van der Waals surface area contributed by atoms with Gasteiger partial charge in [-0.1, -0.05) is 0 Å². The fraction of sp³-hybridized carbons (Fsp3) is 0.462. The van der Waals surface area contributed by atoms with Crippen molar-refractivity contribution in [1.29, 1.82) is 0 Å². The Bertz CT molecular complexity index is 657. The summed E-state index contributed by atoms with van der Waals surface area (Å²) in [5.41, 5.74) is 3.10. The molecule has 0 atom stereocenters. The molecule has 7 nitrogen and oxygen atoms in total. The van der Waals surface area contributed by atoms with E-state index in [-0.39, 0.29) is 16.4 Å². The van der Waals surface area contributed by atoms with Gasteiger partial charge < -0.3 is 4.90 Å².